The molecule has 1 fully saturated rings. The van der Waals surface area contributed by atoms with Crippen molar-refractivity contribution in [2.45, 2.75) is 19.4 Å². The third-order valence-corrected chi connectivity index (χ3v) is 5.10. The van der Waals surface area contributed by atoms with Gasteiger partial charge < -0.3 is 10.6 Å². The minimum absolute atomic E-state index is 0.00703. The maximum atomic E-state index is 12.9. The van der Waals surface area contributed by atoms with E-state index in [1.54, 1.807) is 44.2 Å². The minimum atomic E-state index is -1.32. The Labute approximate surface area is 174 Å². The van der Waals surface area contributed by atoms with E-state index >= 15 is 0 Å². The van der Waals surface area contributed by atoms with Crippen LogP contribution in [-0.2, 0) is 15.1 Å². The minimum Gasteiger partial charge on any atom is -0.319 e. The van der Waals surface area contributed by atoms with E-state index in [4.69, 9.17) is 0 Å². The van der Waals surface area contributed by atoms with Gasteiger partial charge in [-0.3, -0.25) is 24.6 Å². The van der Waals surface area contributed by atoms with Crippen LogP contribution in [0.5, 0.6) is 0 Å². The number of nitro benzene ring substituents is 1. The molecular formula is C19H17BrN4O5. The number of carbonyl (C=O) groups excluding carboxylic acids is 3. The van der Waals surface area contributed by atoms with Crippen molar-refractivity contribution in [2.75, 3.05) is 11.9 Å². The van der Waals surface area contributed by atoms with Crippen molar-refractivity contribution in [3.8, 4) is 0 Å². The van der Waals surface area contributed by atoms with Crippen LogP contribution >= 0.6 is 15.9 Å². The van der Waals surface area contributed by atoms with Gasteiger partial charge in [-0.2, -0.15) is 0 Å². The van der Waals surface area contributed by atoms with Gasteiger partial charge in [0.15, 0.2) is 0 Å². The molecule has 10 heteroatoms. The van der Waals surface area contributed by atoms with Crippen molar-refractivity contribution in [3.63, 3.8) is 0 Å². The summed E-state index contributed by atoms with van der Waals surface area (Å²) in [4.78, 5) is 49.0. The number of amides is 4. The number of rotatable bonds is 5. The smallest absolute Gasteiger partial charge is 0.319 e. The first-order valence-electron chi connectivity index (χ1n) is 8.57. The number of nitrogens with one attached hydrogen (secondary N) is 2. The van der Waals surface area contributed by atoms with Gasteiger partial charge in [0.1, 0.15) is 17.8 Å². The fraction of sp³-hybridized carbons (Fsp3) is 0.211. The summed E-state index contributed by atoms with van der Waals surface area (Å²) in [5.41, 5.74) is -0.380. The topological polar surface area (TPSA) is 122 Å². The van der Waals surface area contributed by atoms with Gasteiger partial charge in [-0.15, -0.1) is 0 Å². The second-order valence-corrected chi connectivity index (χ2v) is 7.70. The highest BCUT2D eigenvalue weighted by Crippen LogP contribution is 2.30. The number of halogens is 1. The fourth-order valence-corrected chi connectivity index (χ4v) is 3.47. The van der Waals surface area contributed by atoms with Crippen molar-refractivity contribution >= 4 is 45.2 Å². The van der Waals surface area contributed by atoms with Crippen molar-refractivity contribution in [1.82, 2.24) is 10.2 Å². The van der Waals surface area contributed by atoms with Gasteiger partial charge in [0.05, 0.1) is 4.92 Å². The highest BCUT2D eigenvalue weighted by atomic mass is 79.9. The molecule has 0 unspecified atom stereocenters. The molecule has 9 nitrogen and oxygen atoms in total. The molecule has 0 saturated carbocycles. The number of aryl methyl sites for hydroxylation is 1. The van der Waals surface area contributed by atoms with Gasteiger partial charge in [0, 0.05) is 10.5 Å². The molecule has 29 heavy (non-hydrogen) atoms. The molecule has 0 bridgehead atoms. The quantitative estimate of drug-likeness (QED) is 0.403. The number of imide groups is 1. The van der Waals surface area contributed by atoms with Crippen molar-refractivity contribution < 1.29 is 19.3 Å². The van der Waals surface area contributed by atoms with Gasteiger partial charge in [-0.25, -0.2) is 4.79 Å². The van der Waals surface area contributed by atoms with E-state index in [0.29, 0.717) is 11.1 Å². The largest absolute Gasteiger partial charge is 0.325 e. The summed E-state index contributed by atoms with van der Waals surface area (Å²) in [7, 11) is 0. The molecular weight excluding hydrogens is 444 g/mol. The fourth-order valence-electron chi connectivity index (χ4n) is 3.07. The molecule has 0 spiro atoms. The van der Waals surface area contributed by atoms with Crippen LogP contribution < -0.4 is 10.6 Å². The van der Waals surface area contributed by atoms with Gasteiger partial charge >= 0.3 is 6.03 Å². The molecule has 2 aromatic rings. The Morgan fingerprint density at radius 3 is 2.66 bits per heavy atom. The maximum Gasteiger partial charge on any atom is 0.325 e. The van der Waals surface area contributed by atoms with Crippen LogP contribution in [0.2, 0.25) is 0 Å². The Bertz CT molecular complexity index is 1040. The molecule has 1 atom stereocenters. The zero-order valence-electron chi connectivity index (χ0n) is 15.6. The molecule has 150 valence electrons. The van der Waals surface area contributed by atoms with Crippen LogP contribution in [0.1, 0.15) is 18.1 Å². The molecule has 3 rings (SSSR count). The first-order valence-corrected chi connectivity index (χ1v) is 9.36. The van der Waals surface area contributed by atoms with Crippen molar-refractivity contribution in [1.29, 1.82) is 0 Å². The number of urea groups is 1. The number of carbonyl (C=O) groups is 3. The summed E-state index contributed by atoms with van der Waals surface area (Å²) in [6.45, 7) is 2.67. The van der Waals surface area contributed by atoms with E-state index in [1.165, 1.54) is 12.1 Å². The Morgan fingerprint density at radius 2 is 2.00 bits per heavy atom. The molecule has 2 aromatic carbocycles. The molecule has 0 radical (unpaired) electrons. The van der Waals surface area contributed by atoms with Crippen LogP contribution in [0.3, 0.4) is 0 Å². The van der Waals surface area contributed by atoms with Gasteiger partial charge in [-0.05, 0) is 43.2 Å². The highest BCUT2D eigenvalue weighted by Gasteiger charge is 2.49. The first kappa shape index (κ1) is 20.5. The zero-order chi connectivity index (χ0) is 21.3. The maximum absolute atomic E-state index is 12.9. The Kier molecular flexibility index (Phi) is 5.38. The van der Waals surface area contributed by atoms with E-state index in [-0.39, 0.29) is 11.4 Å². The van der Waals surface area contributed by atoms with Crippen molar-refractivity contribution in [2.24, 2.45) is 0 Å². The second kappa shape index (κ2) is 7.63. The van der Waals surface area contributed by atoms with Gasteiger partial charge in [0.2, 0.25) is 5.91 Å². The van der Waals surface area contributed by atoms with Crippen molar-refractivity contribution in [3.05, 3.63) is 68.2 Å². The molecule has 1 aliphatic rings. The van der Waals surface area contributed by atoms with Crippen LogP contribution in [-0.4, -0.2) is 34.2 Å². The number of nitro groups is 1. The summed E-state index contributed by atoms with van der Waals surface area (Å²) in [5.74, 6) is -1.31. The lowest BCUT2D eigenvalue weighted by atomic mass is 9.92. The summed E-state index contributed by atoms with van der Waals surface area (Å²) < 4.78 is 0.737. The number of nitrogens with zero attached hydrogens (tertiary/aromatic N) is 2. The molecule has 1 heterocycles. The SMILES string of the molecule is Cc1ccc(NC(=O)CN2C(=O)N[C@@](C)(c3cccc(Br)c3)C2=O)c([N+](=O)[O-])c1. The highest BCUT2D eigenvalue weighted by molar-refractivity contribution is 9.10. The monoisotopic (exact) mass is 460 g/mol. The number of benzene rings is 2. The lowest BCUT2D eigenvalue weighted by molar-refractivity contribution is -0.384. The molecule has 1 aliphatic heterocycles. The third kappa shape index (κ3) is 3.97. The van der Waals surface area contributed by atoms with E-state index in [2.05, 4.69) is 26.6 Å². The van der Waals surface area contributed by atoms with Crippen LogP contribution in [0, 0.1) is 17.0 Å². The van der Waals surface area contributed by atoms with Crippen LogP contribution in [0.4, 0.5) is 16.2 Å². The number of hydrogen-bond acceptors (Lipinski definition) is 5. The van der Waals surface area contributed by atoms with E-state index in [9.17, 15) is 24.5 Å². The first-order chi connectivity index (χ1) is 13.6. The Balaban J connectivity index is 1.79. The summed E-state index contributed by atoms with van der Waals surface area (Å²) in [5, 5.41) is 16.2. The Hall–Kier alpha value is -3.27. The normalized spacial score (nSPS) is 18.5. The molecule has 4 amide bonds. The van der Waals surface area contributed by atoms with E-state index in [1.807, 2.05) is 0 Å². The van der Waals surface area contributed by atoms with Crippen LogP contribution in [0.25, 0.3) is 0 Å². The molecule has 2 N–H and O–H groups in total. The lowest BCUT2D eigenvalue weighted by Gasteiger charge is -2.22. The number of anilines is 1. The number of hydrogen-bond donors (Lipinski definition) is 2. The zero-order valence-corrected chi connectivity index (χ0v) is 17.1. The lowest BCUT2D eigenvalue weighted by Crippen LogP contribution is -2.42. The Morgan fingerprint density at radius 1 is 1.28 bits per heavy atom. The summed E-state index contributed by atoms with van der Waals surface area (Å²) in [6, 6.07) is 10.5. The van der Waals surface area contributed by atoms with E-state index < -0.39 is 34.9 Å². The van der Waals surface area contributed by atoms with Gasteiger partial charge in [0.25, 0.3) is 11.6 Å². The standard InChI is InChI=1S/C19H17BrN4O5/c1-11-6-7-14(15(8-11)24(28)29)21-16(25)10-23-17(26)19(2,22-18(23)27)12-4-3-5-13(20)9-12/h3-9H,10H2,1-2H3,(H,21,25)(H,22,27)/t19-/m0/s1. The predicted octanol–water partition coefficient (Wildman–Crippen LogP) is 3.07. The molecule has 0 aliphatic carbocycles. The molecule has 1 saturated heterocycles. The second-order valence-electron chi connectivity index (χ2n) is 6.78. The summed E-state index contributed by atoms with van der Waals surface area (Å²) >= 11 is 3.33. The predicted molar refractivity (Wildman–Crippen MR) is 108 cm³/mol. The third-order valence-electron chi connectivity index (χ3n) is 4.60. The van der Waals surface area contributed by atoms with Gasteiger partial charge in [-0.1, -0.05) is 34.1 Å². The average Bonchev–Trinajstić information content (AvgIpc) is 2.87. The average molecular weight is 461 g/mol. The van der Waals surface area contributed by atoms with Crippen LogP contribution in [0.15, 0.2) is 46.9 Å². The van der Waals surface area contributed by atoms with E-state index in [0.717, 1.165) is 9.37 Å². The molecule has 0 aromatic heterocycles. The summed E-state index contributed by atoms with van der Waals surface area (Å²) in [6.07, 6.45) is 0.